The monoisotopic (exact) mass is 479 g/mol. The summed E-state index contributed by atoms with van der Waals surface area (Å²) in [5.74, 6) is -1.25. The van der Waals surface area contributed by atoms with Gasteiger partial charge in [0.15, 0.2) is 0 Å². The van der Waals surface area contributed by atoms with Gasteiger partial charge in [0.2, 0.25) is 11.8 Å². The molecule has 2 bridgehead atoms. The van der Waals surface area contributed by atoms with Gasteiger partial charge in [-0.1, -0.05) is 18.6 Å². The number of imidazole rings is 1. The Kier molecular flexibility index (Phi) is 6.35. The first kappa shape index (κ1) is 23.5. The highest BCUT2D eigenvalue weighted by atomic mass is 16.3. The fourth-order valence-corrected chi connectivity index (χ4v) is 5.93. The molecule has 186 valence electrons. The number of hydrogen-bond donors (Lipinski definition) is 2. The maximum absolute atomic E-state index is 13.6. The Hall–Kier alpha value is -3.20. The second kappa shape index (κ2) is 9.45. The van der Waals surface area contributed by atoms with Crippen LogP contribution in [-0.4, -0.2) is 55.1 Å². The number of aliphatic hydroxyl groups is 1. The summed E-state index contributed by atoms with van der Waals surface area (Å²) in [6.45, 7) is 2.33. The molecular formula is C26H33N5O4. The van der Waals surface area contributed by atoms with Crippen LogP contribution in [0.5, 0.6) is 0 Å². The van der Waals surface area contributed by atoms with E-state index in [2.05, 4.69) is 10.3 Å². The van der Waals surface area contributed by atoms with E-state index in [1.165, 1.54) is 0 Å². The number of rotatable bonds is 7. The van der Waals surface area contributed by atoms with Gasteiger partial charge in [-0.2, -0.15) is 0 Å². The maximum atomic E-state index is 13.6. The molecule has 3 aliphatic rings. The lowest BCUT2D eigenvalue weighted by Gasteiger charge is -2.41. The molecular weight excluding hydrogens is 446 g/mol. The third kappa shape index (κ3) is 4.01. The van der Waals surface area contributed by atoms with Crippen LogP contribution in [0.2, 0.25) is 0 Å². The summed E-state index contributed by atoms with van der Waals surface area (Å²) in [5.41, 5.74) is 2.01. The van der Waals surface area contributed by atoms with Crippen molar-refractivity contribution in [3.05, 3.63) is 58.0 Å². The zero-order valence-corrected chi connectivity index (χ0v) is 20.3. The number of fused-ring (bicyclic) bond motifs is 4. The number of allylic oxidation sites excluding steroid dienone is 1. The molecule has 0 spiro atoms. The molecule has 9 nitrogen and oxygen atoms in total. The molecule has 2 fully saturated rings. The first-order valence-electron chi connectivity index (χ1n) is 12.5. The number of carbonyl (C=O) groups excluding carboxylic acids is 2. The Balaban J connectivity index is 1.48. The topological polar surface area (TPSA) is 109 Å². The van der Waals surface area contributed by atoms with Crippen LogP contribution in [0, 0.1) is 17.8 Å². The lowest BCUT2D eigenvalue weighted by molar-refractivity contribution is -0.143. The van der Waals surface area contributed by atoms with Crippen molar-refractivity contribution >= 4 is 17.9 Å². The van der Waals surface area contributed by atoms with E-state index in [1.54, 1.807) is 23.0 Å². The van der Waals surface area contributed by atoms with Crippen LogP contribution in [0.3, 0.4) is 0 Å². The predicted octanol–water partition coefficient (Wildman–Crippen LogP) is 1.26. The van der Waals surface area contributed by atoms with Crippen molar-refractivity contribution in [2.45, 2.75) is 51.2 Å². The van der Waals surface area contributed by atoms with Gasteiger partial charge in [-0.25, -0.2) is 4.98 Å². The number of carbonyl (C=O) groups is 2. The summed E-state index contributed by atoms with van der Waals surface area (Å²) in [6, 6.07) is 2.67. The Morgan fingerprint density at radius 2 is 2.09 bits per heavy atom. The third-order valence-electron chi connectivity index (χ3n) is 7.87. The average molecular weight is 480 g/mol. The molecule has 1 saturated carbocycles. The summed E-state index contributed by atoms with van der Waals surface area (Å²) in [4.78, 5) is 46.5. The molecule has 2 amide bonds. The number of hydrogen-bond acceptors (Lipinski definition) is 5. The zero-order valence-electron chi connectivity index (χ0n) is 20.3. The minimum absolute atomic E-state index is 0.0362. The lowest BCUT2D eigenvalue weighted by Crippen LogP contribution is -2.51. The van der Waals surface area contributed by atoms with Gasteiger partial charge >= 0.3 is 0 Å². The molecule has 4 heterocycles. The van der Waals surface area contributed by atoms with Gasteiger partial charge in [0.25, 0.3) is 5.56 Å². The second-order valence-electron chi connectivity index (χ2n) is 9.96. The highest BCUT2D eigenvalue weighted by Gasteiger charge is 2.58. The molecule has 5 rings (SSSR count). The fraction of sp³-hybridized carbons (Fsp3) is 0.538. The van der Waals surface area contributed by atoms with Gasteiger partial charge in [0.05, 0.1) is 30.0 Å². The number of nitrogens with one attached hydrogen (secondary N) is 1. The quantitative estimate of drug-likeness (QED) is 0.622. The minimum Gasteiger partial charge on any atom is -0.396 e. The van der Waals surface area contributed by atoms with E-state index < -0.39 is 23.9 Å². The van der Waals surface area contributed by atoms with E-state index in [-0.39, 0.29) is 36.4 Å². The van der Waals surface area contributed by atoms with E-state index in [0.29, 0.717) is 24.2 Å². The largest absolute Gasteiger partial charge is 0.396 e. The van der Waals surface area contributed by atoms with E-state index in [4.69, 9.17) is 0 Å². The summed E-state index contributed by atoms with van der Waals surface area (Å²) in [7, 11) is 1.90. The van der Waals surface area contributed by atoms with E-state index in [9.17, 15) is 19.5 Å². The molecule has 4 atom stereocenters. The summed E-state index contributed by atoms with van der Waals surface area (Å²) in [5, 5.41) is 13.4. The number of nitrogens with zero attached hydrogens (tertiary/aromatic N) is 4. The van der Waals surface area contributed by atoms with Crippen LogP contribution in [0.15, 0.2) is 35.5 Å². The third-order valence-corrected chi connectivity index (χ3v) is 7.87. The summed E-state index contributed by atoms with van der Waals surface area (Å²) in [6.07, 6.45) is 10.6. The first-order valence-corrected chi connectivity index (χ1v) is 12.5. The van der Waals surface area contributed by atoms with Crippen molar-refractivity contribution in [2.24, 2.45) is 24.8 Å². The molecule has 9 heteroatoms. The molecule has 35 heavy (non-hydrogen) atoms. The molecule has 1 aliphatic carbocycles. The Morgan fingerprint density at radius 1 is 1.29 bits per heavy atom. The molecule has 2 aromatic rings. The minimum atomic E-state index is -0.626. The predicted molar refractivity (Wildman–Crippen MR) is 130 cm³/mol. The Bertz CT molecular complexity index is 1210. The van der Waals surface area contributed by atoms with Gasteiger partial charge < -0.3 is 24.5 Å². The van der Waals surface area contributed by atoms with Crippen LogP contribution in [0.1, 0.15) is 49.2 Å². The highest BCUT2D eigenvalue weighted by Crippen LogP contribution is 2.50. The average Bonchev–Trinajstić information content (AvgIpc) is 3.32. The number of aromatic nitrogens is 3. The number of aliphatic hydroxyl groups excluding tert-OH is 1. The van der Waals surface area contributed by atoms with Gasteiger partial charge in [-0.05, 0) is 31.9 Å². The maximum Gasteiger partial charge on any atom is 0.258 e. The van der Waals surface area contributed by atoms with Crippen LogP contribution in [-0.2, 0) is 29.6 Å². The highest BCUT2D eigenvalue weighted by molar-refractivity contribution is 5.85. The van der Waals surface area contributed by atoms with E-state index in [1.807, 2.05) is 41.8 Å². The van der Waals surface area contributed by atoms with Crippen molar-refractivity contribution in [2.75, 3.05) is 13.2 Å². The molecule has 1 saturated heterocycles. The summed E-state index contributed by atoms with van der Waals surface area (Å²) < 4.78 is 3.57. The Morgan fingerprint density at radius 3 is 2.71 bits per heavy atom. The van der Waals surface area contributed by atoms with Crippen molar-refractivity contribution in [3.8, 4) is 0 Å². The zero-order chi connectivity index (χ0) is 24.7. The molecule has 2 aromatic heterocycles. The smallest absolute Gasteiger partial charge is 0.258 e. The normalized spacial score (nSPS) is 25.5. The molecule has 0 unspecified atom stereocenters. The molecule has 0 aromatic carbocycles. The van der Waals surface area contributed by atoms with Gasteiger partial charge in [0, 0.05) is 62.5 Å². The van der Waals surface area contributed by atoms with Gasteiger partial charge in [0.1, 0.15) is 0 Å². The van der Waals surface area contributed by atoms with Crippen LogP contribution in [0.4, 0.5) is 0 Å². The lowest BCUT2D eigenvalue weighted by atomic mass is 9.83. The van der Waals surface area contributed by atoms with Crippen molar-refractivity contribution in [1.29, 1.82) is 0 Å². The molecule has 2 aliphatic heterocycles. The van der Waals surface area contributed by atoms with E-state index in [0.717, 1.165) is 25.0 Å². The van der Waals surface area contributed by atoms with Crippen molar-refractivity contribution in [3.63, 3.8) is 0 Å². The van der Waals surface area contributed by atoms with Crippen LogP contribution >= 0.6 is 0 Å². The van der Waals surface area contributed by atoms with Gasteiger partial charge in [-0.3, -0.25) is 14.4 Å². The van der Waals surface area contributed by atoms with E-state index >= 15 is 0 Å². The van der Waals surface area contributed by atoms with Crippen molar-refractivity contribution < 1.29 is 14.7 Å². The number of aryl methyl sites for hydroxylation is 1. The van der Waals surface area contributed by atoms with Gasteiger partial charge in [-0.15, -0.1) is 0 Å². The summed E-state index contributed by atoms with van der Waals surface area (Å²) >= 11 is 0. The first-order chi connectivity index (χ1) is 16.9. The SMILES string of the molecule is C/C=C/c1ccc2n(c1=O)C[C@@H]1[C@@H](CO)[C@H](C(=O)NCCc3cn(C)cn3)[C@H]2N1C(=O)C1CCC1. The van der Waals surface area contributed by atoms with Crippen LogP contribution in [0.25, 0.3) is 6.08 Å². The molecule has 0 radical (unpaired) electrons. The molecule has 2 N–H and O–H groups in total. The standard InChI is InChI=1S/C26H33N5O4/c1-3-5-16-8-9-20-23-22(24(33)27-11-10-18-12-29(2)15-28-18)19(14-32)21(13-30(20)25(16)34)31(23)26(35)17-6-4-7-17/h3,5,8-9,12,15,17,19,21-23,32H,4,6-7,10-11,13-14H2,1-2H3,(H,27,33)/b5-3+/t19-,21-,22+,23+/m1/s1. The fourth-order valence-electron chi connectivity index (χ4n) is 5.93. The van der Waals surface area contributed by atoms with Crippen molar-refractivity contribution in [1.82, 2.24) is 24.3 Å². The number of amides is 2. The Labute approximate surface area is 204 Å². The second-order valence-corrected chi connectivity index (χ2v) is 9.96. The number of pyridine rings is 1. The van der Waals surface area contributed by atoms with Crippen LogP contribution < -0.4 is 10.9 Å².